The molecule has 1 aromatic heterocycles. The van der Waals surface area contributed by atoms with Crippen molar-refractivity contribution in [1.29, 1.82) is 0 Å². The number of ether oxygens (including phenoxy) is 1. The Morgan fingerprint density at radius 1 is 1.24 bits per heavy atom. The van der Waals surface area contributed by atoms with Gasteiger partial charge in [0.1, 0.15) is 29.5 Å². The van der Waals surface area contributed by atoms with E-state index in [4.69, 9.17) is 4.74 Å². The molecule has 2 saturated carbocycles. The number of amides is 1. The van der Waals surface area contributed by atoms with Crippen molar-refractivity contribution in [2.75, 3.05) is 0 Å². The van der Waals surface area contributed by atoms with E-state index in [-0.39, 0.29) is 24.0 Å². The van der Waals surface area contributed by atoms with E-state index in [1.54, 1.807) is 6.20 Å². The fourth-order valence-corrected chi connectivity index (χ4v) is 4.44. The summed E-state index contributed by atoms with van der Waals surface area (Å²) in [5, 5.41) is 13.9. The summed E-state index contributed by atoms with van der Waals surface area (Å²) in [5.74, 6) is 0.306. The molecule has 0 aliphatic heterocycles. The van der Waals surface area contributed by atoms with Gasteiger partial charge in [0, 0.05) is 29.6 Å². The summed E-state index contributed by atoms with van der Waals surface area (Å²) in [7, 11) is 0. The fraction of sp³-hybridized carbons (Fsp3) is 0.591. The first-order chi connectivity index (χ1) is 13.8. The van der Waals surface area contributed by atoms with E-state index in [9.17, 15) is 14.3 Å². The molecule has 7 heteroatoms. The van der Waals surface area contributed by atoms with E-state index in [1.807, 2.05) is 13.8 Å². The molecule has 6 nitrogen and oxygen atoms in total. The number of carbonyl (C=O) groups is 1. The fourth-order valence-electron chi connectivity index (χ4n) is 4.44. The molecule has 2 N–H and O–H groups in total. The number of benzene rings is 1. The lowest BCUT2D eigenvalue weighted by molar-refractivity contribution is -0.131. The maximum atomic E-state index is 13.8. The minimum absolute atomic E-state index is 0.0681. The zero-order valence-electron chi connectivity index (χ0n) is 16.9. The van der Waals surface area contributed by atoms with Gasteiger partial charge in [-0.3, -0.25) is 4.79 Å². The van der Waals surface area contributed by atoms with Gasteiger partial charge in [0.05, 0.1) is 5.60 Å². The Labute approximate surface area is 169 Å². The molecular formula is C22H28FN3O3. The third kappa shape index (κ3) is 4.50. The first-order valence-corrected chi connectivity index (χ1v) is 10.4. The molecule has 2 aliphatic rings. The molecule has 0 spiro atoms. The van der Waals surface area contributed by atoms with Crippen LogP contribution in [0.3, 0.4) is 0 Å². The number of aromatic nitrogens is 2. The Morgan fingerprint density at radius 3 is 2.66 bits per heavy atom. The van der Waals surface area contributed by atoms with Gasteiger partial charge in [-0.05, 0) is 64.4 Å². The van der Waals surface area contributed by atoms with Crippen LogP contribution in [0, 0.1) is 17.7 Å². The van der Waals surface area contributed by atoms with Gasteiger partial charge in [-0.2, -0.15) is 0 Å². The molecule has 0 bridgehead atoms. The van der Waals surface area contributed by atoms with E-state index in [0.29, 0.717) is 35.4 Å². The summed E-state index contributed by atoms with van der Waals surface area (Å²) in [6.07, 6.45) is 7.76. The number of hydrogen-bond acceptors (Lipinski definition) is 5. The molecule has 1 aromatic carbocycles. The Hall–Kier alpha value is -2.28. The van der Waals surface area contributed by atoms with Crippen LogP contribution in [0.25, 0.3) is 10.9 Å². The van der Waals surface area contributed by atoms with Crippen molar-refractivity contribution in [2.45, 2.75) is 70.1 Å². The third-order valence-electron chi connectivity index (χ3n) is 6.37. The molecule has 2 fully saturated rings. The highest BCUT2D eigenvalue weighted by atomic mass is 19.1. The number of halogens is 1. The molecule has 0 saturated heterocycles. The van der Waals surface area contributed by atoms with E-state index in [0.717, 1.165) is 25.7 Å². The molecule has 0 unspecified atom stereocenters. The minimum atomic E-state index is -0.653. The number of rotatable bonds is 5. The monoisotopic (exact) mass is 401 g/mol. The van der Waals surface area contributed by atoms with Gasteiger partial charge in [0.2, 0.25) is 5.91 Å². The van der Waals surface area contributed by atoms with Crippen LogP contribution in [0.15, 0.2) is 24.7 Å². The highest BCUT2D eigenvalue weighted by Crippen LogP contribution is 2.36. The molecule has 29 heavy (non-hydrogen) atoms. The predicted molar refractivity (Wildman–Crippen MR) is 107 cm³/mol. The van der Waals surface area contributed by atoms with E-state index < -0.39 is 11.4 Å². The summed E-state index contributed by atoms with van der Waals surface area (Å²) in [4.78, 5) is 20.6. The Kier molecular flexibility index (Phi) is 5.42. The summed E-state index contributed by atoms with van der Waals surface area (Å²) in [6.45, 7) is 3.72. The van der Waals surface area contributed by atoms with Gasteiger partial charge in [-0.1, -0.05) is 0 Å². The maximum Gasteiger partial charge on any atom is 0.223 e. The maximum absolute atomic E-state index is 13.8. The van der Waals surface area contributed by atoms with Crippen LogP contribution >= 0.6 is 0 Å². The molecule has 156 valence electrons. The molecule has 1 amide bonds. The number of aliphatic hydroxyl groups is 1. The first-order valence-electron chi connectivity index (χ1n) is 10.4. The van der Waals surface area contributed by atoms with Gasteiger partial charge >= 0.3 is 0 Å². The van der Waals surface area contributed by atoms with Crippen molar-refractivity contribution < 1.29 is 19.0 Å². The first kappa shape index (κ1) is 20.0. The van der Waals surface area contributed by atoms with Crippen molar-refractivity contribution in [3.63, 3.8) is 0 Å². The van der Waals surface area contributed by atoms with Crippen LogP contribution in [0.5, 0.6) is 5.75 Å². The van der Waals surface area contributed by atoms with Gasteiger partial charge in [0.25, 0.3) is 0 Å². The molecule has 0 atom stereocenters. The van der Waals surface area contributed by atoms with E-state index in [2.05, 4.69) is 15.3 Å². The zero-order chi connectivity index (χ0) is 20.6. The van der Waals surface area contributed by atoms with Crippen LogP contribution in [-0.2, 0) is 4.79 Å². The Balaban J connectivity index is 1.27. The summed E-state index contributed by atoms with van der Waals surface area (Å²) in [5.41, 5.74) is -0.0719. The van der Waals surface area contributed by atoms with Crippen LogP contribution < -0.4 is 10.1 Å². The Bertz CT molecular complexity index is 884. The second kappa shape index (κ2) is 7.86. The summed E-state index contributed by atoms with van der Waals surface area (Å²) in [6, 6.07) is 2.90. The number of nitrogens with one attached hydrogen (secondary N) is 1. The quantitative estimate of drug-likeness (QED) is 0.802. The van der Waals surface area contributed by atoms with Crippen LogP contribution in [0.2, 0.25) is 0 Å². The van der Waals surface area contributed by atoms with Crippen LogP contribution in [-0.4, -0.2) is 38.7 Å². The minimum Gasteiger partial charge on any atom is -0.488 e. The van der Waals surface area contributed by atoms with E-state index >= 15 is 0 Å². The van der Waals surface area contributed by atoms with Crippen LogP contribution in [0.4, 0.5) is 4.39 Å². The number of carbonyl (C=O) groups excluding carboxylic acids is 1. The van der Waals surface area contributed by atoms with Crippen molar-refractivity contribution in [3.8, 4) is 5.75 Å². The molecule has 2 aromatic rings. The van der Waals surface area contributed by atoms with E-state index in [1.165, 1.54) is 18.5 Å². The van der Waals surface area contributed by atoms with Crippen molar-refractivity contribution in [2.24, 2.45) is 11.8 Å². The average molecular weight is 401 g/mol. The van der Waals surface area contributed by atoms with Crippen molar-refractivity contribution in [1.82, 2.24) is 15.3 Å². The van der Waals surface area contributed by atoms with Crippen molar-refractivity contribution in [3.05, 3.63) is 30.5 Å². The number of fused-ring (bicyclic) bond motifs is 1. The van der Waals surface area contributed by atoms with Gasteiger partial charge < -0.3 is 15.2 Å². The second-order valence-electron chi connectivity index (χ2n) is 8.98. The molecular weight excluding hydrogens is 373 g/mol. The van der Waals surface area contributed by atoms with Gasteiger partial charge in [-0.25, -0.2) is 14.4 Å². The molecule has 2 aliphatic carbocycles. The lowest BCUT2D eigenvalue weighted by Gasteiger charge is -2.38. The predicted octanol–water partition coefficient (Wildman–Crippen LogP) is 3.37. The van der Waals surface area contributed by atoms with Gasteiger partial charge in [0.15, 0.2) is 0 Å². The standard InChI is InChI=1S/C22H28FN3O3/c1-22(2,28)15-3-5-17(6-4-15)26-21(27)13-8-18(9-13)29-19-10-16(23)7-14-11-24-12-25-20(14)19/h7,10-13,15,17-18,28H,3-6,8-9H2,1-2H3,(H,26,27)/t13-,15-,17-,18-. The largest absolute Gasteiger partial charge is 0.488 e. The molecule has 1 heterocycles. The summed E-state index contributed by atoms with van der Waals surface area (Å²) < 4.78 is 19.7. The number of hydrogen-bond donors (Lipinski definition) is 2. The Morgan fingerprint density at radius 2 is 1.97 bits per heavy atom. The lowest BCUT2D eigenvalue weighted by atomic mass is 9.76. The second-order valence-corrected chi connectivity index (χ2v) is 8.98. The highest BCUT2D eigenvalue weighted by Gasteiger charge is 2.38. The van der Waals surface area contributed by atoms with Gasteiger partial charge in [-0.15, -0.1) is 0 Å². The van der Waals surface area contributed by atoms with Crippen molar-refractivity contribution >= 4 is 16.8 Å². The average Bonchev–Trinajstić information content (AvgIpc) is 2.63. The topological polar surface area (TPSA) is 84.3 Å². The zero-order valence-corrected chi connectivity index (χ0v) is 16.9. The van der Waals surface area contributed by atoms with Crippen LogP contribution in [0.1, 0.15) is 52.4 Å². The molecule has 4 rings (SSSR count). The molecule has 0 radical (unpaired) electrons. The smallest absolute Gasteiger partial charge is 0.223 e. The highest BCUT2D eigenvalue weighted by molar-refractivity contribution is 5.84. The lowest BCUT2D eigenvalue weighted by Crippen LogP contribution is -2.48. The SMILES string of the molecule is CC(C)(O)[C@H]1CC[C@H](NC(=O)[C@H]2C[C@H](Oc3cc(F)cc4cncnc34)C2)CC1. The third-order valence-corrected chi connectivity index (χ3v) is 6.37. The normalized spacial score (nSPS) is 27.3. The summed E-state index contributed by atoms with van der Waals surface area (Å²) >= 11 is 0. The number of nitrogens with zero attached hydrogens (tertiary/aromatic N) is 2.